The van der Waals surface area contributed by atoms with E-state index in [-0.39, 0.29) is 6.04 Å². The Bertz CT molecular complexity index is 832. The lowest BCUT2D eigenvalue weighted by atomic mass is 10.3. The maximum absolute atomic E-state index is 4.70. The maximum atomic E-state index is 4.70. The largest absolute Gasteiger partial charge is 0.255 e. The molecule has 0 spiro atoms. The predicted molar refractivity (Wildman–Crippen MR) is 98.4 cm³/mol. The second-order valence-corrected chi connectivity index (χ2v) is 7.86. The molecule has 3 nitrogen and oxygen atoms in total. The highest BCUT2D eigenvalue weighted by Gasteiger charge is 2.08. The van der Waals surface area contributed by atoms with Gasteiger partial charge in [0.25, 0.3) is 0 Å². The van der Waals surface area contributed by atoms with Gasteiger partial charge in [-0.1, -0.05) is 6.07 Å². The van der Waals surface area contributed by atoms with E-state index in [0.29, 0.717) is 0 Å². The Balaban J connectivity index is 2.09. The second kappa shape index (κ2) is 6.73. The molecule has 0 atom stereocenters. The molecule has 0 aromatic carbocycles. The molecular weight excluding hydrogens is 330 g/mol. The van der Waals surface area contributed by atoms with Crippen molar-refractivity contribution in [2.45, 2.75) is 26.8 Å². The van der Waals surface area contributed by atoms with E-state index in [0.717, 1.165) is 10.5 Å². The zero-order chi connectivity index (χ0) is 15.5. The van der Waals surface area contributed by atoms with Crippen LogP contribution in [-0.2, 0) is 0 Å². The van der Waals surface area contributed by atoms with E-state index in [2.05, 4.69) is 60.1 Å². The Morgan fingerprint density at radius 2 is 2.00 bits per heavy atom. The summed E-state index contributed by atoms with van der Waals surface area (Å²) in [6.07, 6.45) is 1.93. The van der Waals surface area contributed by atoms with Crippen molar-refractivity contribution >= 4 is 40.2 Å². The van der Waals surface area contributed by atoms with Gasteiger partial charge in [0, 0.05) is 11.4 Å². The first-order valence-corrected chi connectivity index (χ1v) is 9.66. The van der Waals surface area contributed by atoms with E-state index in [9.17, 15) is 0 Å². The SMILES string of the molecule is Cc1ccsc1C=Nn1c(-c2cccs2)csc1=NC(C)C. The van der Waals surface area contributed by atoms with Gasteiger partial charge >= 0.3 is 0 Å². The van der Waals surface area contributed by atoms with Gasteiger partial charge < -0.3 is 0 Å². The molecule has 3 heterocycles. The van der Waals surface area contributed by atoms with Crippen LogP contribution in [0.15, 0.2) is 44.4 Å². The van der Waals surface area contributed by atoms with Crippen molar-refractivity contribution in [1.29, 1.82) is 0 Å². The zero-order valence-electron chi connectivity index (χ0n) is 12.7. The monoisotopic (exact) mass is 347 g/mol. The van der Waals surface area contributed by atoms with E-state index < -0.39 is 0 Å². The lowest BCUT2D eigenvalue weighted by Crippen LogP contribution is -2.14. The van der Waals surface area contributed by atoms with Crippen LogP contribution in [0.2, 0.25) is 0 Å². The molecule has 3 aromatic rings. The summed E-state index contributed by atoms with van der Waals surface area (Å²) in [5.74, 6) is 0. The molecule has 0 fully saturated rings. The van der Waals surface area contributed by atoms with Crippen molar-refractivity contribution in [2.24, 2.45) is 10.1 Å². The first kappa shape index (κ1) is 15.4. The molecule has 0 bridgehead atoms. The van der Waals surface area contributed by atoms with Crippen LogP contribution in [0.1, 0.15) is 24.3 Å². The van der Waals surface area contributed by atoms with Gasteiger partial charge in [0.1, 0.15) is 0 Å². The van der Waals surface area contributed by atoms with E-state index in [1.54, 1.807) is 34.0 Å². The first-order chi connectivity index (χ1) is 10.6. The molecule has 0 saturated carbocycles. The van der Waals surface area contributed by atoms with Crippen molar-refractivity contribution in [3.05, 3.63) is 49.6 Å². The van der Waals surface area contributed by atoms with Crippen LogP contribution in [0, 0.1) is 6.92 Å². The van der Waals surface area contributed by atoms with Gasteiger partial charge in [-0.15, -0.1) is 34.0 Å². The molecule has 0 radical (unpaired) electrons. The minimum absolute atomic E-state index is 0.250. The fourth-order valence-electron chi connectivity index (χ4n) is 1.94. The van der Waals surface area contributed by atoms with Crippen LogP contribution in [0.3, 0.4) is 0 Å². The molecule has 22 heavy (non-hydrogen) atoms. The molecule has 0 unspecified atom stereocenters. The number of hydrogen-bond donors (Lipinski definition) is 0. The van der Waals surface area contributed by atoms with Gasteiger partial charge in [-0.05, 0) is 49.2 Å². The molecule has 3 rings (SSSR count). The standard InChI is InChI=1S/C16H17N3S3/c1-11(2)18-16-19(17-9-15-12(3)6-8-21-15)13(10-22-16)14-5-4-7-20-14/h4-11H,1-3H3. The third-order valence-electron chi connectivity index (χ3n) is 3.02. The van der Waals surface area contributed by atoms with Crippen molar-refractivity contribution in [3.8, 4) is 10.6 Å². The third-order valence-corrected chi connectivity index (χ3v) is 5.70. The van der Waals surface area contributed by atoms with E-state index in [4.69, 9.17) is 5.10 Å². The lowest BCUT2D eigenvalue weighted by Gasteiger charge is -2.01. The van der Waals surface area contributed by atoms with Crippen molar-refractivity contribution in [3.63, 3.8) is 0 Å². The number of nitrogens with zero attached hydrogens (tertiary/aromatic N) is 3. The van der Waals surface area contributed by atoms with Crippen molar-refractivity contribution < 1.29 is 0 Å². The van der Waals surface area contributed by atoms with E-state index in [1.807, 2.05) is 10.9 Å². The van der Waals surface area contributed by atoms with Crippen LogP contribution in [0.25, 0.3) is 10.6 Å². The Morgan fingerprint density at radius 3 is 2.64 bits per heavy atom. The zero-order valence-corrected chi connectivity index (χ0v) is 15.1. The summed E-state index contributed by atoms with van der Waals surface area (Å²) in [7, 11) is 0. The summed E-state index contributed by atoms with van der Waals surface area (Å²) in [5.41, 5.74) is 2.36. The highest BCUT2D eigenvalue weighted by molar-refractivity contribution is 7.14. The van der Waals surface area contributed by atoms with Crippen LogP contribution < -0.4 is 4.80 Å². The number of aryl methyl sites for hydroxylation is 1. The smallest absolute Gasteiger partial charge is 0.206 e. The fraction of sp³-hybridized carbons (Fsp3) is 0.250. The minimum Gasteiger partial charge on any atom is -0.255 e. The topological polar surface area (TPSA) is 29.6 Å². The van der Waals surface area contributed by atoms with Crippen LogP contribution in [0.5, 0.6) is 0 Å². The average Bonchev–Trinajstić information content (AvgIpc) is 3.17. The van der Waals surface area contributed by atoms with E-state index in [1.165, 1.54) is 15.3 Å². The molecule has 0 aliphatic carbocycles. The predicted octanol–water partition coefficient (Wildman–Crippen LogP) is 4.84. The minimum atomic E-state index is 0.250. The Hall–Kier alpha value is -1.50. The van der Waals surface area contributed by atoms with Gasteiger partial charge in [0.05, 0.1) is 21.7 Å². The lowest BCUT2D eigenvalue weighted by molar-refractivity contribution is 0.755. The summed E-state index contributed by atoms with van der Waals surface area (Å²) in [5, 5.41) is 11.0. The number of hydrogen-bond acceptors (Lipinski definition) is 5. The average molecular weight is 348 g/mol. The van der Waals surface area contributed by atoms with Gasteiger partial charge in [0.15, 0.2) is 0 Å². The number of aromatic nitrogens is 1. The molecule has 6 heteroatoms. The highest BCUT2D eigenvalue weighted by atomic mass is 32.1. The summed E-state index contributed by atoms with van der Waals surface area (Å²) < 4.78 is 1.95. The summed E-state index contributed by atoms with van der Waals surface area (Å²) in [4.78, 5) is 8.02. The van der Waals surface area contributed by atoms with Gasteiger partial charge in [-0.3, -0.25) is 4.99 Å². The molecule has 0 aliphatic rings. The van der Waals surface area contributed by atoms with Crippen LogP contribution >= 0.6 is 34.0 Å². The molecule has 0 saturated heterocycles. The summed E-state index contributed by atoms with van der Waals surface area (Å²) in [6.45, 7) is 6.28. The van der Waals surface area contributed by atoms with E-state index >= 15 is 0 Å². The molecule has 114 valence electrons. The number of thiophene rings is 2. The highest BCUT2D eigenvalue weighted by Crippen LogP contribution is 2.25. The normalized spacial score (nSPS) is 12.8. The quantitative estimate of drug-likeness (QED) is 0.605. The van der Waals surface area contributed by atoms with Gasteiger partial charge in [-0.25, -0.2) is 4.68 Å². The molecule has 3 aromatic heterocycles. The first-order valence-electron chi connectivity index (χ1n) is 7.02. The fourth-order valence-corrected chi connectivity index (χ4v) is 4.49. The van der Waals surface area contributed by atoms with Crippen molar-refractivity contribution in [1.82, 2.24) is 4.68 Å². The van der Waals surface area contributed by atoms with Gasteiger partial charge in [0.2, 0.25) is 4.80 Å². The Kier molecular flexibility index (Phi) is 4.71. The molecule has 0 amide bonds. The second-order valence-electron chi connectivity index (χ2n) is 5.13. The molecular formula is C16H17N3S3. The van der Waals surface area contributed by atoms with Crippen molar-refractivity contribution in [2.75, 3.05) is 0 Å². The molecule has 0 aliphatic heterocycles. The summed E-state index contributed by atoms with van der Waals surface area (Å²) in [6, 6.07) is 6.55. The van der Waals surface area contributed by atoms with Gasteiger partial charge in [-0.2, -0.15) is 5.10 Å². The third kappa shape index (κ3) is 3.29. The Labute approximate surface area is 141 Å². The number of thiazole rings is 1. The Morgan fingerprint density at radius 1 is 1.14 bits per heavy atom. The molecule has 0 N–H and O–H groups in total. The van der Waals surface area contributed by atoms with Crippen LogP contribution in [-0.4, -0.2) is 16.9 Å². The number of rotatable bonds is 4. The summed E-state index contributed by atoms with van der Waals surface area (Å²) >= 11 is 5.07. The maximum Gasteiger partial charge on any atom is 0.206 e. The van der Waals surface area contributed by atoms with Crippen LogP contribution in [0.4, 0.5) is 0 Å².